The van der Waals surface area contributed by atoms with Crippen molar-refractivity contribution in [3.8, 4) is 22.1 Å². The highest BCUT2D eigenvalue weighted by atomic mass is 79.9. The Bertz CT molecular complexity index is 630. The van der Waals surface area contributed by atoms with Crippen molar-refractivity contribution in [1.82, 2.24) is 4.98 Å². The zero-order chi connectivity index (χ0) is 11.7. The molecule has 0 unspecified atom stereocenters. The number of rotatable bonds is 2. The Labute approximate surface area is 111 Å². The molecule has 0 spiro atoms. The highest BCUT2D eigenvalue weighted by molar-refractivity contribution is 9.10. The van der Waals surface area contributed by atoms with Crippen LogP contribution in [0.1, 0.15) is 0 Å². The van der Waals surface area contributed by atoms with Gasteiger partial charge in [-0.3, -0.25) is 0 Å². The van der Waals surface area contributed by atoms with Crippen LogP contribution in [0.3, 0.4) is 0 Å². The van der Waals surface area contributed by atoms with E-state index in [4.69, 9.17) is 4.42 Å². The normalized spacial score (nSPS) is 10.6. The van der Waals surface area contributed by atoms with Crippen molar-refractivity contribution in [2.24, 2.45) is 0 Å². The molecule has 0 saturated heterocycles. The second-order valence-corrected chi connectivity index (χ2v) is 5.29. The van der Waals surface area contributed by atoms with E-state index >= 15 is 0 Å². The molecule has 17 heavy (non-hydrogen) atoms. The second-order valence-electron chi connectivity index (χ2n) is 3.49. The van der Waals surface area contributed by atoms with Crippen LogP contribution in [0.15, 0.2) is 56.9 Å². The average molecular weight is 306 g/mol. The molecule has 0 aliphatic rings. The van der Waals surface area contributed by atoms with E-state index in [0.717, 1.165) is 20.7 Å². The molecule has 3 rings (SSSR count). The largest absolute Gasteiger partial charge is 0.435 e. The molecule has 0 fully saturated rings. The van der Waals surface area contributed by atoms with E-state index in [1.54, 1.807) is 17.5 Å². The SMILES string of the molecule is Brc1ccccc1-c1cnc(-c2cccs2)o1. The number of aromatic nitrogens is 1. The first-order valence-electron chi connectivity index (χ1n) is 5.09. The molecule has 4 heteroatoms. The van der Waals surface area contributed by atoms with Gasteiger partial charge in [-0.25, -0.2) is 4.98 Å². The maximum atomic E-state index is 5.76. The molecule has 0 N–H and O–H groups in total. The maximum Gasteiger partial charge on any atom is 0.236 e. The van der Waals surface area contributed by atoms with Crippen molar-refractivity contribution in [2.45, 2.75) is 0 Å². The molecular weight excluding hydrogens is 298 g/mol. The smallest absolute Gasteiger partial charge is 0.236 e. The van der Waals surface area contributed by atoms with Crippen LogP contribution in [0.5, 0.6) is 0 Å². The molecule has 2 aromatic heterocycles. The first-order chi connectivity index (χ1) is 8.34. The molecule has 3 aromatic rings. The summed E-state index contributed by atoms with van der Waals surface area (Å²) in [4.78, 5) is 5.34. The van der Waals surface area contributed by atoms with Gasteiger partial charge in [0.15, 0.2) is 5.76 Å². The van der Waals surface area contributed by atoms with E-state index in [2.05, 4.69) is 20.9 Å². The van der Waals surface area contributed by atoms with Gasteiger partial charge in [-0.2, -0.15) is 0 Å². The van der Waals surface area contributed by atoms with Crippen LogP contribution in [-0.2, 0) is 0 Å². The van der Waals surface area contributed by atoms with Crippen LogP contribution in [0.4, 0.5) is 0 Å². The minimum Gasteiger partial charge on any atom is -0.435 e. The molecule has 0 bridgehead atoms. The number of thiophene rings is 1. The summed E-state index contributed by atoms with van der Waals surface area (Å²) in [5, 5.41) is 2.01. The van der Waals surface area contributed by atoms with Crippen molar-refractivity contribution >= 4 is 27.3 Å². The van der Waals surface area contributed by atoms with Crippen molar-refractivity contribution in [3.05, 3.63) is 52.4 Å². The highest BCUT2D eigenvalue weighted by Crippen LogP contribution is 2.32. The predicted octanol–water partition coefficient (Wildman–Crippen LogP) is 4.83. The number of hydrogen-bond acceptors (Lipinski definition) is 3. The summed E-state index contributed by atoms with van der Waals surface area (Å²) in [6, 6.07) is 11.9. The third kappa shape index (κ3) is 2.06. The summed E-state index contributed by atoms with van der Waals surface area (Å²) in [6.07, 6.45) is 1.76. The second kappa shape index (κ2) is 4.47. The van der Waals surface area contributed by atoms with Crippen LogP contribution >= 0.6 is 27.3 Å². The summed E-state index contributed by atoms with van der Waals surface area (Å²) in [5.74, 6) is 1.45. The molecule has 0 aliphatic heterocycles. The molecule has 0 atom stereocenters. The lowest BCUT2D eigenvalue weighted by atomic mass is 10.2. The Hall–Kier alpha value is -1.39. The van der Waals surface area contributed by atoms with Crippen LogP contribution in [0.2, 0.25) is 0 Å². The van der Waals surface area contributed by atoms with Gasteiger partial charge in [0, 0.05) is 10.0 Å². The Morgan fingerprint density at radius 2 is 2.00 bits per heavy atom. The fourth-order valence-electron chi connectivity index (χ4n) is 1.57. The standard InChI is InChI=1S/C13H8BrNOS/c14-10-5-2-1-4-9(10)11-8-15-13(16-11)12-6-3-7-17-12/h1-8H. The Balaban J connectivity index is 2.04. The first-order valence-corrected chi connectivity index (χ1v) is 6.76. The van der Waals surface area contributed by atoms with Gasteiger partial charge in [0.25, 0.3) is 0 Å². The van der Waals surface area contributed by atoms with Gasteiger partial charge in [0.1, 0.15) is 0 Å². The third-order valence-corrected chi connectivity index (χ3v) is 3.93. The Morgan fingerprint density at radius 1 is 1.12 bits per heavy atom. The summed E-state index contributed by atoms with van der Waals surface area (Å²) < 4.78 is 6.77. The van der Waals surface area contributed by atoms with E-state index in [1.165, 1.54) is 0 Å². The summed E-state index contributed by atoms with van der Waals surface area (Å²) in [6.45, 7) is 0. The van der Waals surface area contributed by atoms with Crippen molar-refractivity contribution in [1.29, 1.82) is 0 Å². The fraction of sp³-hybridized carbons (Fsp3) is 0. The summed E-state index contributed by atoms with van der Waals surface area (Å²) in [5.41, 5.74) is 1.02. The van der Waals surface area contributed by atoms with Gasteiger partial charge in [0.05, 0.1) is 11.1 Å². The monoisotopic (exact) mass is 305 g/mol. The number of oxazole rings is 1. The Morgan fingerprint density at radius 3 is 2.76 bits per heavy atom. The Kier molecular flexibility index (Phi) is 2.82. The molecular formula is C13H8BrNOS. The molecule has 0 saturated carbocycles. The molecule has 0 radical (unpaired) electrons. The third-order valence-electron chi connectivity index (χ3n) is 2.38. The number of halogens is 1. The van der Waals surface area contributed by atoms with Crippen LogP contribution in [0.25, 0.3) is 22.1 Å². The zero-order valence-corrected chi connectivity index (χ0v) is 11.2. The van der Waals surface area contributed by atoms with Gasteiger partial charge in [-0.1, -0.05) is 40.2 Å². The number of benzene rings is 1. The van der Waals surface area contributed by atoms with Crippen molar-refractivity contribution in [2.75, 3.05) is 0 Å². The van der Waals surface area contributed by atoms with Gasteiger partial charge in [0.2, 0.25) is 5.89 Å². The van der Waals surface area contributed by atoms with Gasteiger partial charge < -0.3 is 4.42 Å². The lowest BCUT2D eigenvalue weighted by molar-refractivity contribution is 0.590. The lowest BCUT2D eigenvalue weighted by Gasteiger charge is -1.98. The van der Waals surface area contributed by atoms with Crippen LogP contribution in [0, 0.1) is 0 Å². The minimum absolute atomic E-state index is 0.672. The molecule has 2 nitrogen and oxygen atoms in total. The van der Waals surface area contributed by atoms with Crippen molar-refractivity contribution in [3.63, 3.8) is 0 Å². The van der Waals surface area contributed by atoms with Crippen LogP contribution < -0.4 is 0 Å². The maximum absolute atomic E-state index is 5.76. The molecule has 2 heterocycles. The minimum atomic E-state index is 0.672. The topological polar surface area (TPSA) is 26.0 Å². The van der Waals surface area contributed by atoms with Crippen LogP contribution in [-0.4, -0.2) is 4.98 Å². The molecule has 0 aliphatic carbocycles. The van der Waals surface area contributed by atoms with Gasteiger partial charge in [-0.15, -0.1) is 11.3 Å². The molecule has 1 aromatic carbocycles. The molecule has 0 amide bonds. The van der Waals surface area contributed by atoms with E-state index in [1.807, 2.05) is 41.8 Å². The number of nitrogens with zero attached hydrogens (tertiary/aromatic N) is 1. The van der Waals surface area contributed by atoms with Gasteiger partial charge >= 0.3 is 0 Å². The quantitative estimate of drug-likeness (QED) is 0.677. The van der Waals surface area contributed by atoms with E-state index in [-0.39, 0.29) is 0 Å². The fourth-order valence-corrected chi connectivity index (χ4v) is 2.71. The lowest BCUT2D eigenvalue weighted by Crippen LogP contribution is -1.74. The van der Waals surface area contributed by atoms with E-state index < -0.39 is 0 Å². The van der Waals surface area contributed by atoms with Crippen molar-refractivity contribution < 1.29 is 4.42 Å². The van der Waals surface area contributed by atoms with E-state index in [0.29, 0.717) is 5.89 Å². The predicted molar refractivity (Wildman–Crippen MR) is 73.0 cm³/mol. The average Bonchev–Trinajstić information content (AvgIpc) is 3.00. The first kappa shape index (κ1) is 10.7. The van der Waals surface area contributed by atoms with Gasteiger partial charge in [-0.05, 0) is 17.5 Å². The highest BCUT2D eigenvalue weighted by Gasteiger charge is 2.10. The zero-order valence-electron chi connectivity index (χ0n) is 8.76. The molecule has 84 valence electrons. The summed E-state index contributed by atoms with van der Waals surface area (Å²) in [7, 11) is 0. The van der Waals surface area contributed by atoms with E-state index in [9.17, 15) is 0 Å². The number of hydrogen-bond donors (Lipinski definition) is 0. The summed E-state index contributed by atoms with van der Waals surface area (Å²) >= 11 is 5.13.